The quantitative estimate of drug-likeness (QED) is 0.752. The Labute approximate surface area is 153 Å². The molecule has 0 saturated carbocycles. The lowest BCUT2D eigenvalue weighted by Gasteiger charge is -2.23. The van der Waals surface area contributed by atoms with Crippen LogP contribution in [0, 0.1) is 5.92 Å². The predicted octanol–water partition coefficient (Wildman–Crippen LogP) is 3.87. The lowest BCUT2D eigenvalue weighted by atomic mass is 9.88. The molecule has 0 bridgehead atoms. The van der Waals surface area contributed by atoms with Crippen LogP contribution in [0.1, 0.15) is 49.6 Å². The summed E-state index contributed by atoms with van der Waals surface area (Å²) in [6.07, 6.45) is 0.250. The van der Waals surface area contributed by atoms with Crippen LogP contribution in [0.3, 0.4) is 0 Å². The number of thiophene rings is 1. The molecule has 2 N–H and O–H groups in total. The van der Waals surface area contributed by atoms with E-state index in [1.54, 1.807) is 11.3 Å². The number of rotatable bonds is 8. The summed E-state index contributed by atoms with van der Waals surface area (Å²) < 4.78 is 0. The van der Waals surface area contributed by atoms with Gasteiger partial charge < -0.3 is 10.6 Å². The first-order chi connectivity index (χ1) is 12.0. The molecule has 2 amide bonds. The SMILES string of the molecule is CC(=O)NC(CC(=O)NCC(c1ccccc1)C(C)C)c1cccs1. The van der Waals surface area contributed by atoms with Crippen molar-refractivity contribution in [3.05, 3.63) is 58.3 Å². The highest BCUT2D eigenvalue weighted by molar-refractivity contribution is 7.10. The van der Waals surface area contributed by atoms with Crippen molar-refractivity contribution in [3.63, 3.8) is 0 Å². The zero-order valence-corrected chi connectivity index (χ0v) is 15.8. The molecule has 2 aromatic rings. The Morgan fingerprint density at radius 2 is 1.80 bits per heavy atom. The van der Waals surface area contributed by atoms with Crippen molar-refractivity contribution in [2.75, 3.05) is 6.54 Å². The predicted molar refractivity (Wildman–Crippen MR) is 103 cm³/mol. The van der Waals surface area contributed by atoms with Gasteiger partial charge in [0.1, 0.15) is 0 Å². The molecule has 0 spiro atoms. The van der Waals surface area contributed by atoms with Crippen molar-refractivity contribution in [2.45, 2.75) is 39.2 Å². The third-order valence-corrected chi connectivity index (χ3v) is 5.19. The van der Waals surface area contributed by atoms with Gasteiger partial charge in [0, 0.05) is 24.3 Å². The molecule has 5 heteroatoms. The van der Waals surface area contributed by atoms with Crippen LogP contribution in [0.15, 0.2) is 47.8 Å². The summed E-state index contributed by atoms with van der Waals surface area (Å²) in [5.41, 5.74) is 1.23. The molecule has 2 rings (SSSR count). The van der Waals surface area contributed by atoms with Gasteiger partial charge in [0.2, 0.25) is 11.8 Å². The van der Waals surface area contributed by atoms with E-state index in [1.165, 1.54) is 12.5 Å². The second kappa shape index (κ2) is 9.37. The Morgan fingerprint density at radius 3 is 2.36 bits per heavy atom. The largest absolute Gasteiger partial charge is 0.355 e. The van der Waals surface area contributed by atoms with Gasteiger partial charge in [0.15, 0.2) is 0 Å². The van der Waals surface area contributed by atoms with Crippen LogP contribution in [0.25, 0.3) is 0 Å². The van der Waals surface area contributed by atoms with Crippen molar-refractivity contribution in [3.8, 4) is 0 Å². The van der Waals surface area contributed by atoms with E-state index in [-0.39, 0.29) is 30.2 Å². The second-order valence-electron chi connectivity index (χ2n) is 6.54. The molecule has 4 nitrogen and oxygen atoms in total. The lowest BCUT2D eigenvalue weighted by Crippen LogP contribution is -2.34. The minimum absolute atomic E-state index is 0.0475. The maximum Gasteiger partial charge on any atom is 0.222 e. The topological polar surface area (TPSA) is 58.2 Å². The van der Waals surface area contributed by atoms with Crippen LogP contribution < -0.4 is 10.6 Å². The molecule has 1 aromatic heterocycles. The van der Waals surface area contributed by atoms with Crippen molar-refractivity contribution >= 4 is 23.2 Å². The van der Waals surface area contributed by atoms with Gasteiger partial charge in [-0.25, -0.2) is 0 Å². The normalized spacial score (nSPS) is 13.3. The fourth-order valence-corrected chi connectivity index (χ4v) is 3.66. The van der Waals surface area contributed by atoms with E-state index in [0.717, 1.165) is 4.88 Å². The third kappa shape index (κ3) is 6.02. The molecule has 2 atom stereocenters. The van der Waals surface area contributed by atoms with Gasteiger partial charge in [0.05, 0.1) is 12.5 Å². The van der Waals surface area contributed by atoms with Gasteiger partial charge in [-0.15, -0.1) is 11.3 Å². The number of carbonyl (C=O) groups excluding carboxylic acids is 2. The molecule has 0 aliphatic rings. The highest BCUT2D eigenvalue weighted by Gasteiger charge is 2.20. The highest BCUT2D eigenvalue weighted by Crippen LogP contribution is 2.24. The van der Waals surface area contributed by atoms with E-state index in [2.05, 4.69) is 36.6 Å². The number of nitrogens with one attached hydrogen (secondary N) is 2. The molecule has 134 valence electrons. The monoisotopic (exact) mass is 358 g/mol. The van der Waals surface area contributed by atoms with Crippen molar-refractivity contribution in [1.82, 2.24) is 10.6 Å². The maximum absolute atomic E-state index is 12.4. The smallest absolute Gasteiger partial charge is 0.222 e. The van der Waals surface area contributed by atoms with Crippen LogP contribution in [-0.4, -0.2) is 18.4 Å². The number of amides is 2. The summed E-state index contributed by atoms with van der Waals surface area (Å²) in [5, 5.41) is 7.86. The summed E-state index contributed by atoms with van der Waals surface area (Å²) in [6.45, 7) is 6.39. The molecule has 0 saturated heterocycles. The van der Waals surface area contributed by atoms with Crippen LogP contribution in [0.4, 0.5) is 0 Å². The number of carbonyl (C=O) groups is 2. The molecule has 2 unspecified atom stereocenters. The lowest BCUT2D eigenvalue weighted by molar-refractivity contribution is -0.122. The van der Waals surface area contributed by atoms with E-state index >= 15 is 0 Å². The Bertz CT molecular complexity index is 668. The zero-order chi connectivity index (χ0) is 18.2. The Morgan fingerprint density at radius 1 is 1.08 bits per heavy atom. The molecule has 0 aliphatic heterocycles. The molecule has 25 heavy (non-hydrogen) atoms. The first-order valence-electron chi connectivity index (χ1n) is 8.59. The average Bonchev–Trinajstić information content (AvgIpc) is 3.09. The highest BCUT2D eigenvalue weighted by atomic mass is 32.1. The Hall–Kier alpha value is -2.14. The molecular formula is C20H26N2O2S. The molecule has 0 fully saturated rings. The minimum Gasteiger partial charge on any atom is -0.355 e. The zero-order valence-electron chi connectivity index (χ0n) is 15.0. The maximum atomic E-state index is 12.4. The number of benzene rings is 1. The number of hydrogen-bond acceptors (Lipinski definition) is 3. The van der Waals surface area contributed by atoms with Crippen LogP contribution >= 0.6 is 11.3 Å². The third-order valence-electron chi connectivity index (χ3n) is 4.21. The fraction of sp³-hybridized carbons (Fsp3) is 0.400. The minimum atomic E-state index is -0.272. The van der Waals surface area contributed by atoms with E-state index in [1.807, 2.05) is 35.7 Å². The summed E-state index contributed by atoms with van der Waals surface area (Å²) in [4.78, 5) is 24.9. The summed E-state index contributed by atoms with van der Waals surface area (Å²) in [6, 6.07) is 13.8. The van der Waals surface area contributed by atoms with Crippen molar-refractivity contribution in [2.24, 2.45) is 5.92 Å². The van der Waals surface area contributed by atoms with E-state index in [4.69, 9.17) is 0 Å². The average molecular weight is 359 g/mol. The standard InChI is InChI=1S/C20H26N2O2S/c1-14(2)17(16-8-5-4-6-9-16)13-21-20(24)12-18(22-15(3)23)19-10-7-11-25-19/h4-11,14,17-18H,12-13H2,1-3H3,(H,21,24)(H,22,23). The molecule has 0 radical (unpaired) electrons. The van der Waals surface area contributed by atoms with Gasteiger partial charge in [-0.3, -0.25) is 9.59 Å². The summed E-state index contributed by atoms with van der Waals surface area (Å²) in [5.74, 6) is 0.515. The van der Waals surface area contributed by atoms with Gasteiger partial charge in [-0.1, -0.05) is 50.2 Å². The second-order valence-corrected chi connectivity index (χ2v) is 7.52. The van der Waals surface area contributed by atoms with Crippen molar-refractivity contribution < 1.29 is 9.59 Å². The first kappa shape index (κ1) is 19.2. The van der Waals surface area contributed by atoms with Crippen LogP contribution in [-0.2, 0) is 9.59 Å². The van der Waals surface area contributed by atoms with Gasteiger partial charge in [-0.05, 0) is 22.9 Å². The van der Waals surface area contributed by atoms with Gasteiger partial charge in [-0.2, -0.15) is 0 Å². The van der Waals surface area contributed by atoms with Gasteiger partial charge in [0.25, 0.3) is 0 Å². The van der Waals surface area contributed by atoms with Gasteiger partial charge >= 0.3 is 0 Å². The van der Waals surface area contributed by atoms with E-state index in [9.17, 15) is 9.59 Å². The molecule has 1 aromatic carbocycles. The summed E-state index contributed by atoms with van der Waals surface area (Å²) in [7, 11) is 0. The van der Waals surface area contributed by atoms with E-state index < -0.39 is 0 Å². The number of hydrogen-bond donors (Lipinski definition) is 2. The first-order valence-corrected chi connectivity index (χ1v) is 9.47. The Kier molecular flexibility index (Phi) is 7.19. The summed E-state index contributed by atoms with van der Waals surface area (Å²) >= 11 is 1.55. The molecular weight excluding hydrogens is 332 g/mol. The molecule has 1 heterocycles. The molecule has 0 aliphatic carbocycles. The van der Waals surface area contributed by atoms with E-state index in [0.29, 0.717) is 12.5 Å². The van der Waals surface area contributed by atoms with Crippen molar-refractivity contribution in [1.29, 1.82) is 0 Å². The fourth-order valence-electron chi connectivity index (χ4n) is 2.88. The Balaban J connectivity index is 1.96. The van der Waals surface area contributed by atoms with Crippen LogP contribution in [0.2, 0.25) is 0 Å². The van der Waals surface area contributed by atoms with Crippen LogP contribution in [0.5, 0.6) is 0 Å².